The van der Waals surface area contributed by atoms with Gasteiger partial charge in [0, 0.05) is 24.1 Å². The van der Waals surface area contributed by atoms with Crippen molar-refractivity contribution in [2.75, 3.05) is 18.5 Å². The SMILES string of the molecule is Cc1ccc(NC(=O)CCCC(=O)c2ccc3c(c2)OCCO3)cc1. The van der Waals surface area contributed by atoms with Crippen LogP contribution in [0.1, 0.15) is 35.2 Å². The molecule has 0 unspecified atom stereocenters. The van der Waals surface area contributed by atoms with Crippen molar-refractivity contribution in [3.8, 4) is 11.5 Å². The first-order chi connectivity index (χ1) is 12.1. The monoisotopic (exact) mass is 339 g/mol. The molecule has 3 rings (SSSR count). The highest BCUT2D eigenvalue weighted by Gasteiger charge is 2.15. The van der Waals surface area contributed by atoms with E-state index in [-0.39, 0.29) is 11.7 Å². The van der Waals surface area contributed by atoms with Gasteiger partial charge in [-0.2, -0.15) is 0 Å². The Kier molecular flexibility index (Phi) is 5.33. The fraction of sp³-hybridized carbons (Fsp3) is 0.300. The predicted molar refractivity (Wildman–Crippen MR) is 95.4 cm³/mol. The van der Waals surface area contributed by atoms with Crippen molar-refractivity contribution in [2.24, 2.45) is 0 Å². The molecule has 5 nitrogen and oxygen atoms in total. The molecule has 5 heteroatoms. The van der Waals surface area contributed by atoms with Crippen LogP contribution >= 0.6 is 0 Å². The number of fused-ring (bicyclic) bond motifs is 1. The Hall–Kier alpha value is -2.82. The number of anilines is 1. The van der Waals surface area contributed by atoms with E-state index in [1.54, 1.807) is 18.2 Å². The van der Waals surface area contributed by atoms with E-state index in [4.69, 9.17) is 9.47 Å². The summed E-state index contributed by atoms with van der Waals surface area (Å²) < 4.78 is 10.9. The highest BCUT2D eigenvalue weighted by Crippen LogP contribution is 2.31. The van der Waals surface area contributed by atoms with E-state index in [2.05, 4.69) is 5.32 Å². The molecule has 25 heavy (non-hydrogen) atoms. The minimum atomic E-state index is -0.0844. The molecular formula is C20H21NO4. The van der Waals surface area contributed by atoms with E-state index in [1.807, 2.05) is 31.2 Å². The summed E-state index contributed by atoms with van der Waals surface area (Å²) in [6.45, 7) is 3.01. The van der Waals surface area contributed by atoms with Gasteiger partial charge in [-0.25, -0.2) is 0 Å². The summed E-state index contributed by atoms with van der Waals surface area (Å²) in [5.74, 6) is 1.19. The highest BCUT2D eigenvalue weighted by atomic mass is 16.6. The Morgan fingerprint density at radius 1 is 0.960 bits per heavy atom. The molecule has 130 valence electrons. The van der Waals surface area contributed by atoms with Crippen LogP contribution in [0.25, 0.3) is 0 Å². The minimum absolute atomic E-state index is 0.000101. The van der Waals surface area contributed by atoms with E-state index in [1.165, 1.54) is 0 Å². The molecule has 0 aromatic heterocycles. The van der Waals surface area contributed by atoms with Crippen molar-refractivity contribution >= 4 is 17.4 Å². The Morgan fingerprint density at radius 2 is 1.68 bits per heavy atom. The number of Topliss-reactive ketones (excluding diaryl/α,β-unsaturated/α-hetero) is 1. The molecular weight excluding hydrogens is 318 g/mol. The second-order valence-electron chi connectivity index (χ2n) is 6.05. The molecule has 0 fully saturated rings. The third-order valence-corrected chi connectivity index (χ3v) is 4.01. The van der Waals surface area contributed by atoms with Crippen LogP contribution in [-0.2, 0) is 4.79 Å². The number of aryl methyl sites for hydroxylation is 1. The summed E-state index contributed by atoms with van der Waals surface area (Å²) in [6.07, 6.45) is 1.14. The van der Waals surface area contributed by atoms with Gasteiger partial charge in [0.05, 0.1) is 0 Å². The number of benzene rings is 2. The number of carbonyl (C=O) groups excluding carboxylic acids is 2. The fourth-order valence-corrected chi connectivity index (χ4v) is 2.63. The molecule has 1 heterocycles. The van der Waals surface area contributed by atoms with Crippen molar-refractivity contribution in [3.05, 3.63) is 53.6 Å². The number of amides is 1. The lowest BCUT2D eigenvalue weighted by Gasteiger charge is -2.18. The zero-order valence-electron chi connectivity index (χ0n) is 14.2. The summed E-state index contributed by atoms with van der Waals surface area (Å²) in [6, 6.07) is 12.8. The van der Waals surface area contributed by atoms with E-state index in [0.717, 1.165) is 11.3 Å². The highest BCUT2D eigenvalue weighted by molar-refractivity contribution is 5.97. The summed E-state index contributed by atoms with van der Waals surface area (Å²) in [5, 5.41) is 2.84. The van der Waals surface area contributed by atoms with Gasteiger partial charge in [0.25, 0.3) is 0 Å². The van der Waals surface area contributed by atoms with Crippen molar-refractivity contribution < 1.29 is 19.1 Å². The maximum Gasteiger partial charge on any atom is 0.224 e. The maximum atomic E-state index is 12.3. The van der Waals surface area contributed by atoms with Gasteiger partial charge in [-0.1, -0.05) is 17.7 Å². The summed E-state index contributed by atoms with van der Waals surface area (Å²) in [4.78, 5) is 24.2. The molecule has 1 amide bonds. The predicted octanol–water partition coefficient (Wildman–Crippen LogP) is 3.76. The summed E-state index contributed by atoms with van der Waals surface area (Å²) in [7, 11) is 0. The first-order valence-electron chi connectivity index (χ1n) is 8.41. The molecule has 2 aromatic rings. The lowest BCUT2D eigenvalue weighted by atomic mass is 10.0. The van der Waals surface area contributed by atoms with Crippen molar-refractivity contribution in [1.82, 2.24) is 0 Å². The van der Waals surface area contributed by atoms with E-state index in [0.29, 0.717) is 49.5 Å². The molecule has 0 spiro atoms. The number of ketones is 1. The van der Waals surface area contributed by atoms with Gasteiger partial charge in [-0.3, -0.25) is 9.59 Å². The number of hydrogen-bond donors (Lipinski definition) is 1. The maximum absolute atomic E-state index is 12.3. The molecule has 0 atom stereocenters. The zero-order chi connectivity index (χ0) is 17.6. The summed E-state index contributed by atoms with van der Waals surface area (Å²) >= 11 is 0. The minimum Gasteiger partial charge on any atom is -0.486 e. The standard InChI is InChI=1S/C20H21NO4/c1-14-5-8-16(9-6-14)21-20(23)4-2-3-17(22)15-7-10-18-19(13-15)25-12-11-24-18/h5-10,13H,2-4,11-12H2,1H3,(H,21,23). The zero-order valence-corrected chi connectivity index (χ0v) is 14.2. The molecule has 0 aliphatic carbocycles. The smallest absolute Gasteiger partial charge is 0.224 e. The average molecular weight is 339 g/mol. The Bertz CT molecular complexity index is 768. The van der Waals surface area contributed by atoms with E-state index < -0.39 is 0 Å². The Labute approximate surface area is 147 Å². The van der Waals surface area contributed by atoms with Crippen LogP contribution in [0.2, 0.25) is 0 Å². The van der Waals surface area contributed by atoms with E-state index in [9.17, 15) is 9.59 Å². The van der Waals surface area contributed by atoms with Crippen LogP contribution in [0.15, 0.2) is 42.5 Å². The van der Waals surface area contributed by atoms with Crippen molar-refractivity contribution in [1.29, 1.82) is 0 Å². The van der Waals surface area contributed by atoms with Crippen LogP contribution < -0.4 is 14.8 Å². The van der Waals surface area contributed by atoms with Crippen LogP contribution in [0.4, 0.5) is 5.69 Å². The van der Waals surface area contributed by atoms with Crippen molar-refractivity contribution in [3.63, 3.8) is 0 Å². The molecule has 0 bridgehead atoms. The van der Waals surface area contributed by atoms with Gasteiger partial charge in [-0.05, 0) is 43.7 Å². The number of carbonyl (C=O) groups is 2. The van der Waals surface area contributed by atoms with Gasteiger partial charge >= 0.3 is 0 Å². The first-order valence-corrected chi connectivity index (χ1v) is 8.41. The molecule has 0 radical (unpaired) electrons. The number of rotatable bonds is 6. The average Bonchev–Trinajstić information content (AvgIpc) is 2.63. The topological polar surface area (TPSA) is 64.6 Å². The molecule has 0 saturated heterocycles. The quantitative estimate of drug-likeness (QED) is 0.814. The van der Waals surface area contributed by atoms with E-state index >= 15 is 0 Å². The van der Waals surface area contributed by atoms with Crippen LogP contribution in [0.3, 0.4) is 0 Å². The normalized spacial score (nSPS) is 12.5. The van der Waals surface area contributed by atoms with Crippen LogP contribution in [-0.4, -0.2) is 24.9 Å². The lowest BCUT2D eigenvalue weighted by molar-refractivity contribution is -0.116. The van der Waals surface area contributed by atoms with Gasteiger partial charge in [0.2, 0.25) is 5.91 Å². The number of hydrogen-bond acceptors (Lipinski definition) is 4. The first kappa shape index (κ1) is 17.0. The Morgan fingerprint density at radius 3 is 2.44 bits per heavy atom. The van der Waals surface area contributed by atoms with Gasteiger partial charge < -0.3 is 14.8 Å². The largest absolute Gasteiger partial charge is 0.486 e. The third-order valence-electron chi connectivity index (χ3n) is 4.01. The lowest BCUT2D eigenvalue weighted by Crippen LogP contribution is -2.16. The van der Waals surface area contributed by atoms with Gasteiger partial charge in [0.1, 0.15) is 13.2 Å². The third kappa shape index (κ3) is 4.59. The van der Waals surface area contributed by atoms with Gasteiger partial charge in [0.15, 0.2) is 17.3 Å². The second kappa shape index (κ2) is 7.83. The molecule has 0 saturated carbocycles. The second-order valence-corrected chi connectivity index (χ2v) is 6.05. The molecule has 1 aliphatic rings. The van der Waals surface area contributed by atoms with Gasteiger partial charge in [-0.15, -0.1) is 0 Å². The number of nitrogens with one attached hydrogen (secondary N) is 1. The van der Waals surface area contributed by atoms with Crippen LogP contribution in [0, 0.1) is 6.92 Å². The van der Waals surface area contributed by atoms with Crippen molar-refractivity contribution in [2.45, 2.75) is 26.2 Å². The Balaban J connectivity index is 1.47. The number of ether oxygens (including phenoxy) is 2. The molecule has 1 N–H and O–H groups in total. The fourth-order valence-electron chi connectivity index (χ4n) is 2.63. The summed E-state index contributed by atoms with van der Waals surface area (Å²) in [5.41, 5.74) is 2.50. The molecule has 2 aromatic carbocycles. The van der Waals surface area contributed by atoms with Crippen LogP contribution in [0.5, 0.6) is 11.5 Å². The molecule has 1 aliphatic heterocycles.